The number of esters is 1. The number of carbonyl (C=O) groups is 3. The van der Waals surface area contributed by atoms with Gasteiger partial charge in [0.05, 0.1) is 25.7 Å². The number of benzene rings is 3. The fourth-order valence-electron chi connectivity index (χ4n) is 6.18. The molecule has 2 unspecified atom stereocenters. The molecule has 0 saturated heterocycles. The molecule has 46 heavy (non-hydrogen) atoms. The number of para-hydroxylation sites is 1. The largest absolute Gasteiger partial charge is 0.469 e. The number of carbonyl (C=O) groups excluding carboxylic acids is 3. The highest BCUT2D eigenvalue weighted by Crippen LogP contribution is 2.28. The Bertz CT molecular complexity index is 1360. The Balaban J connectivity index is 1.46. The summed E-state index contributed by atoms with van der Waals surface area (Å²) < 4.78 is 10.6. The standard InChI is InChI=1S/C38H48N2O6/c1-45-37(43)24-23-36(42)40-34(25-29-15-7-3-8-16-29)35(41)27-31(19-11-17-28-13-5-2-6-14-28)39-38(44)30-18-12-22-33(26-30)46-32-20-9-4-10-21-32/h3-4,7-10,12,15-16,18,20-22,26,28,31,34-35,41H,2,5-6,11,13-14,17,19,23-25,27H2,1H3,(H,39,44)(H,40,42)/t31?,34?,35-/m0/s1. The van der Waals surface area contributed by atoms with Gasteiger partial charge in [-0.3, -0.25) is 14.4 Å². The zero-order valence-electron chi connectivity index (χ0n) is 26.9. The Morgan fingerprint density at radius 3 is 2.26 bits per heavy atom. The number of amides is 2. The quantitative estimate of drug-likeness (QED) is 0.142. The van der Waals surface area contributed by atoms with Crippen molar-refractivity contribution in [2.24, 2.45) is 5.92 Å². The average molecular weight is 629 g/mol. The molecule has 8 heteroatoms. The SMILES string of the molecule is COC(=O)CCC(=O)NC(Cc1ccccc1)[C@@H](O)CC(CCCC1CCCCC1)NC(=O)c1cccc(Oc2ccccc2)c1. The lowest BCUT2D eigenvalue weighted by Crippen LogP contribution is -2.48. The van der Waals surface area contributed by atoms with E-state index in [1.807, 2.05) is 66.7 Å². The summed E-state index contributed by atoms with van der Waals surface area (Å²) in [5, 5.41) is 17.7. The molecule has 0 aromatic heterocycles. The third-order valence-corrected chi connectivity index (χ3v) is 8.72. The normalized spacial score (nSPS) is 15.3. The van der Waals surface area contributed by atoms with Gasteiger partial charge in [0.15, 0.2) is 0 Å². The predicted octanol–water partition coefficient (Wildman–Crippen LogP) is 6.76. The number of rotatable bonds is 17. The van der Waals surface area contributed by atoms with Gasteiger partial charge in [0.25, 0.3) is 5.91 Å². The predicted molar refractivity (Wildman–Crippen MR) is 179 cm³/mol. The highest BCUT2D eigenvalue weighted by molar-refractivity contribution is 5.94. The van der Waals surface area contributed by atoms with Gasteiger partial charge in [0, 0.05) is 18.0 Å². The summed E-state index contributed by atoms with van der Waals surface area (Å²) in [6, 6.07) is 25.2. The zero-order valence-corrected chi connectivity index (χ0v) is 26.9. The number of aliphatic hydroxyl groups excluding tert-OH is 1. The Labute approximate surface area is 272 Å². The molecule has 1 fully saturated rings. The molecule has 1 aliphatic carbocycles. The van der Waals surface area contributed by atoms with Crippen molar-refractivity contribution >= 4 is 17.8 Å². The first-order chi connectivity index (χ1) is 22.4. The van der Waals surface area contributed by atoms with Gasteiger partial charge in [-0.2, -0.15) is 0 Å². The van der Waals surface area contributed by atoms with E-state index in [1.165, 1.54) is 39.2 Å². The minimum Gasteiger partial charge on any atom is -0.469 e. The summed E-state index contributed by atoms with van der Waals surface area (Å²) in [7, 11) is 1.29. The minimum atomic E-state index is -0.935. The van der Waals surface area contributed by atoms with Crippen LogP contribution in [0.5, 0.6) is 11.5 Å². The fourth-order valence-corrected chi connectivity index (χ4v) is 6.18. The number of hydrogen-bond acceptors (Lipinski definition) is 6. The second-order valence-corrected chi connectivity index (χ2v) is 12.3. The van der Waals surface area contributed by atoms with E-state index < -0.39 is 18.1 Å². The van der Waals surface area contributed by atoms with Crippen LogP contribution < -0.4 is 15.4 Å². The lowest BCUT2D eigenvalue weighted by atomic mass is 9.85. The van der Waals surface area contributed by atoms with Crippen LogP contribution in [0.2, 0.25) is 0 Å². The number of aliphatic hydroxyl groups is 1. The number of hydrogen-bond donors (Lipinski definition) is 3. The summed E-state index contributed by atoms with van der Waals surface area (Å²) in [4.78, 5) is 38.0. The molecule has 3 atom stereocenters. The third kappa shape index (κ3) is 12.0. The van der Waals surface area contributed by atoms with Gasteiger partial charge < -0.3 is 25.2 Å². The second kappa shape index (κ2) is 18.7. The Morgan fingerprint density at radius 1 is 0.848 bits per heavy atom. The molecule has 8 nitrogen and oxygen atoms in total. The number of nitrogens with one attached hydrogen (secondary N) is 2. The van der Waals surface area contributed by atoms with Gasteiger partial charge in [-0.05, 0) is 61.1 Å². The summed E-state index contributed by atoms with van der Waals surface area (Å²) in [5.41, 5.74) is 1.44. The molecule has 0 spiro atoms. The molecule has 0 radical (unpaired) electrons. The van der Waals surface area contributed by atoms with Crippen molar-refractivity contribution in [2.45, 2.75) is 95.2 Å². The highest BCUT2D eigenvalue weighted by atomic mass is 16.5. The van der Waals surface area contributed by atoms with E-state index in [1.54, 1.807) is 18.2 Å². The van der Waals surface area contributed by atoms with Crippen LogP contribution >= 0.6 is 0 Å². The Kier molecular flexibility index (Phi) is 14.1. The van der Waals surface area contributed by atoms with E-state index in [-0.39, 0.29) is 37.1 Å². The van der Waals surface area contributed by atoms with Gasteiger partial charge >= 0.3 is 5.97 Å². The topological polar surface area (TPSA) is 114 Å². The van der Waals surface area contributed by atoms with Crippen LogP contribution in [0.4, 0.5) is 0 Å². The first-order valence-corrected chi connectivity index (χ1v) is 16.6. The van der Waals surface area contributed by atoms with E-state index in [0.29, 0.717) is 35.8 Å². The molecule has 3 aromatic rings. The Hall–Kier alpha value is -4.17. The van der Waals surface area contributed by atoms with Crippen LogP contribution in [0.25, 0.3) is 0 Å². The maximum atomic E-state index is 13.6. The summed E-state index contributed by atoms with van der Waals surface area (Å²) in [6.07, 6.45) is 8.80. The first kappa shape index (κ1) is 34.7. The maximum absolute atomic E-state index is 13.6. The third-order valence-electron chi connectivity index (χ3n) is 8.72. The second-order valence-electron chi connectivity index (χ2n) is 12.3. The minimum absolute atomic E-state index is 0.0341. The number of ether oxygens (including phenoxy) is 2. The van der Waals surface area contributed by atoms with E-state index in [2.05, 4.69) is 15.4 Å². The molecule has 2 amide bonds. The van der Waals surface area contributed by atoms with Gasteiger partial charge in [-0.1, -0.05) is 99.5 Å². The van der Waals surface area contributed by atoms with Gasteiger partial charge in [-0.15, -0.1) is 0 Å². The zero-order chi connectivity index (χ0) is 32.6. The van der Waals surface area contributed by atoms with Crippen LogP contribution in [-0.2, 0) is 20.7 Å². The van der Waals surface area contributed by atoms with Crippen LogP contribution in [0.3, 0.4) is 0 Å². The molecular weight excluding hydrogens is 580 g/mol. The van der Waals surface area contributed by atoms with Crippen molar-refractivity contribution < 1.29 is 29.0 Å². The first-order valence-electron chi connectivity index (χ1n) is 16.6. The molecule has 4 rings (SSSR count). The number of methoxy groups -OCH3 is 1. The van der Waals surface area contributed by atoms with E-state index in [4.69, 9.17) is 4.74 Å². The molecule has 1 aliphatic rings. The van der Waals surface area contributed by atoms with Crippen molar-refractivity contribution in [2.75, 3.05) is 7.11 Å². The molecule has 3 N–H and O–H groups in total. The molecule has 1 saturated carbocycles. The van der Waals surface area contributed by atoms with E-state index in [9.17, 15) is 19.5 Å². The van der Waals surface area contributed by atoms with Crippen LogP contribution in [0.15, 0.2) is 84.9 Å². The molecule has 0 heterocycles. The maximum Gasteiger partial charge on any atom is 0.306 e. The molecule has 0 aliphatic heterocycles. The van der Waals surface area contributed by atoms with Gasteiger partial charge in [0.2, 0.25) is 5.91 Å². The van der Waals surface area contributed by atoms with Gasteiger partial charge in [-0.25, -0.2) is 0 Å². The van der Waals surface area contributed by atoms with E-state index >= 15 is 0 Å². The van der Waals surface area contributed by atoms with Crippen molar-refractivity contribution in [3.05, 3.63) is 96.1 Å². The smallest absolute Gasteiger partial charge is 0.306 e. The van der Waals surface area contributed by atoms with Crippen molar-refractivity contribution in [1.29, 1.82) is 0 Å². The van der Waals surface area contributed by atoms with Crippen molar-refractivity contribution in [3.63, 3.8) is 0 Å². The molecular formula is C38H48N2O6. The molecule has 246 valence electrons. The highest BCUT2D eigenvalue weighted by Gasteiger charge is 2.27. The lowest BCUT2D eigenvalue weighted by molar-refractivity contribution is -0.142. The molecule has 3 aromatic carbocycles. The summed E-state index contributed by atoms with van der Waals surface area (Å²) in [5.74, 6) is 0.914. The van der Waals surface area contributed by atoms with Crippen LogP contribution in [-0.4, -0.2) is 48.2 Å². The van der Waals surface area contributed by atoms with Crippen LogP contribution in [0, 0.1) is 5.92 Å². The summed E-state index contributed by atoms with van der Waals surface area (Å²) >= 11 is 0. The Morgan fingerprint density at radius 2 is 1.54 bits per heavy atom. The summed E-state index contributed by atoms with van der Waals surface area (Å²) in [6.45, 7) is 0. The lowest BCUT2D eigenvalue weighted by Gasteiger charge is -2.29. The van der Waals surface area contributed by atoms with Crippen LogP contribution in [0.1, 0.15) is 86.6 Å². The van der Waals surface area contributed by atoms with Gasteiger partial charge in [0.1, 0.15) is 11.5 Å². The monoisotopic (exact) mass is 628 g/mol. The van der Waals surface area contributed by atoms with E-state index in [0.717, 1.165) is 18.4 Å². The average Bonchev–Trinajstić information content (AvgIpc) is 3.08. The van der Waals surface area contributed by atoms with Crippen molar-refractivity contribution in [1.82, 2.24) is 10.6 Å². The van der Waals surface area contributed by atoms with Crippen molar-refractivity contribution in [3.8, 4) is 11.5 Å². The fraction of sp³-hybridized carbons (Fsp3) is 0.447. The molecule has 0 bridgehead atoms.